The van der Waals surface area contributed by atoms with E-state index in [2.05, 4.69) is 10.00 Å². The Morgan fingerprint density at radius 3 is 2.28 bits per heavy atom. The molecule has 1 saturated heterocycles. The van der Waals surface area contributed by atoms with E-state index < -0.39 is 9.84 Å². The van der Waals surface area contributed by atoms with Crippen LogP contribution in [0.25, 0.3) is 5.69 Å². The molecule has 3 aromatic rings. The van der Waals surface area contributed by atoms with E-state index in [1.54, 1.807) is 30.0 Å². The van der Waals surface area contributed by atoms with Gasteiger partial charge in [-0.25, -0.2) is 13.1 Å². The first-order valence-corrected chi connectivity index (χ1v) is 12.2. The standard InChI is InChI=1S/C23H26N4O4S/c1-17-16-21(27(24-17)18-8-10-19(11-9-18)32(3,29)30)23(28)26-14-12-25(13-15-26)20-6-4-5-7-22(20)31-2/h4-11,16H,12-15H2,1-3H3. The Kier molecular flexibility index (Phi) is 5.92. The van der Waals surface area contributed by atoms with Crippen LogP contribution in [0.3, 0.4) is 0 Å². The Hall–Kier alpha value is -3.33. The zero-order valence-electron chi connectivity index (χ0n) is 18.4. The number of hydrogen-bond acceptors (Lipinski definition) is 6. The SMILES string of the molecule is COc1ccccc1N1CCN(C(=O)c2cc(C)nn2-c2ccc(S(C)(=O)=O)cc2)CC1. The summed E-state index contributed by atoms with van der Waals surface area (Å²) in [5.41, 5.74) is 2.84. The molecule has 1 aromatic heterocycles. The number of aryl methyl sites for hydroxylation is 1. The maximum atomic E-state index is 13.3. The summed E-state index contributed by atoms with van der Waals surface area (Å²) in [7, 11) is -1.63. The molecule has 4 rings (SSSR count). The van der Waals surface area contributed by atoms with Crippen LogP contribution in [0.1, 0.15) is 16.2 Å². The average molecular weight is 455 g/mol. The van der Waals surface area contributed by atoms with Gasteiger partial charge >= 0.3 is 0 Å². The molecule has 168 valence electrons. The monoisotopic (exact) mass is 454 g/mol. The van der Waals surface area contributed by atoms with E-state index in [1.165, 1.54) is 18.4 Å². The Morgan fingerprint density at radius 1 is 1.00 bits per heavy atom. The van der Waals surface area contributed by atoms with Crippen LogP contribution >= 0.6 is 0 Å². The second-order valence-electron chi connectivity index (χ2n) is 7.80. The molecular formula is C23H26N4O4S. The lowest BCUT2D eigenvalue weighted by Gasteiger charge is -2.36. The van der Waals surface area contributed by atoms with Gasteiger partial charge in [0.1, 0.15) is 11.4 Å². The van der Waals surface area contributed by atoms with Gasteiger partial charge in [0.05, 0.1) is 29.1 Å². The molecule has 8 nitrogen and oxygen atoms in total. The molecule has 0 spiro atoms. The number of amides is 1. The first kappa shape index (κ1) is 21.9. The van der Waals surface area contributed by atoms with E-state index in [9.17, 15) is 13.2 Å². The number of sulfone groups is 1. The number of para-hydroxylation sites is 2. The van der Waals surface area contributed by atoms with Crippen molar-refractivity contribution in [3.05, 3.63) is 66.0 Å². The Labute approximate surface area is 187 Å². The second-order valence-corrected chi connectivity index (χ2v) is 9.82. The Balaban J connectivity index is 1.53. The number of ether oxygens (including phenoxy) is 1. The Bertz CT molecular complexity index is 1230. The number of carbonyl (C=O) groups excluding carboxylic acids is 1. The zero-order chi connectivity index (χ0) is 22.9. The number of anilines is 1. The number of piperazine rings is 1. The molecule has 1 aliphatic rings. The van der Waals surface area contributed by atoms with Crippen molar-refractivity contribution in [2.75, 3.05) is 44.4 Å². The molecule has 0 N–H and O–H groups in total. The van der Waals surface area contributed by atoms with Crippen LogP contribution in [0.4, 0.5) is 5.69 Å². The van der Waals surface area contributed by atoms with Crippen molar-refractivity contribution in [2.24, 2.45) is 0 Å². The summed E-state index contributed by atoms with van der Waals surface area (Å²) in [5.74, 6) is 0.719. The molecular weight excluding hydrogens is 428 g/mol. The van der Waals surface area contributed by atoms with Crippen molar-refractivity contribution in [3.8, 4) is 11.4 Å². The number of hydrogen-bond donors (Lipinski definition) is 0. The van der Waals surface area contributed by atoms with Crippen molar-refractivity contribution < 1.29 is 17.9 Å². The van der Waals surface area contributed by atoms with Gasteiger partial charge in [0.2, 0.25) is 0 Å². The fourth-order valence-electron chi connectivity index (χ4n) is 3.89. The highest BCUT2D eigenvalue weighted by molar-refractivity contribution is 7.90. The predicted molar refractivity (Wildman–Crippen MR) is 123 cm³/mol. The first-order valence-electron chi connectivity index (χ1n) is 10.3. The molecule has 0 saturated carbocycles. The minimum Gasteiger partial charge on any atom is -0.495 e. The van der Waals surface area contributed by atoms with Crippen molar-refractivity contribution in [1.82, 2.24) is 14.7 Å². The summed E-state index contributed by atoms with van der Waals surface area (Å²) in [6, 6.07) is 16.0. The van der Waals surface area contributed by atoms with E-state index in [1.807, 2.05) is 36.1 Å². The molecule has 32 heavy (non-hydrogen) atoms. The van der Waals surface area contributed by atoms with Crippen LogP contribution in [0, 0.1) is 6.92 Å². The number of methoxy groups -OCH3 is 1. The lowest BCUT2D eigenvalue weighted by atomic mass is 10.2. The van der Waals surface area contributed by atoms with Gasteiger partial charge in [0, 0.05) is 32.4 Å². The van der Waals surface area contributed by atoms with Gasteiger partial charge in [-0.2, -0.15) is 5.10 Å². The molecule has 1 amide bonds. The minimum absolute atomic E-state index is 0.0996. The van der Waals surface area contributed by atoms with Crippen LogP contribution in [-0.2, 0) is 9.84 Å². The molecule has 0 unspecified atom stereocenters. The minimum atomic E-state index is -3.29. The lowest BCUT2D eigenvalue weighted by molar-refractivity contribution is 0.0737. The van der Waals surface area contributed by atoms with Crippen LogP contribution in [0.2, 0.25) is 0 Å². The van der Waals surface area contributed by atoms with Gasteiger partial charge in [-0.1, -0.05) is 12.1 Å². The first-order chi connectivity index (χ1) is 15.3. The molecule has 0 atom stereocenters. The molecule has 1 fully saturated rings. The smallest absolute Gasteiger partial charge is 0.272 e. The fraction of sp³-hybridized carbons (Fsp3) is 0.304. The number of benzene rings is 2. The van der Waals surface area contributed by atoms with Crippen molar-refractivity contribution in [1.29, 1.82) is 0 Å². The molecule has 9 heteroatoms. The number of nitrogens with zero attached hydrogens (tertiary/aromatic N) is 4. The van der Waals surface area contributed by atoms with Crippen molar-refractivity contribution in [2.45, 2.75) is 11.8 Å². The van der Waals surface area contributed by atoms with Gasteiger partial charge in [-0.3, -0.25) is 4.79 Å². The van der Waals surface area contributed by atoms with Crippen LogP contribution in [-0.4, -0.2) is 68.5 Å². The summed E-state index contributed by atoms with van der Waals surface area (Å²) < 4.78 is 30.5. The zero-order valence-corrected chi connectivity index (χ0v) is 19.2. The van der Waals surface area contributed by atoms with E-state index in [4.69, 9.17) is 4.74 Å². The van der Waals surface area contributed by atoms with Gasteiger partial charge in [-0.15, -0.1) is 0 Å². The molecule has 1 aliphatic heterocycles. The summed E-state index contributed by atoms with van der Waals surface area (Å²) in [6.07, 6.45) is 1.17. The maximum Gasteiger partial charge on any atom is 0.272 e. The third-order valence-electron chi connectivity index (χ3n) is 5.55. The van der Waals surface area contributed by atoms with Gasteiger partial charge in [0.25, 0.3) is 5.91 Å². The number of carbonyl (C=O) groups is 1. The lowest BCUT2D eigenvalue weighted by Crippen LogP contribution is -2.49. The Morgan fingerprint density at radius 2 is 1.66 bits per heavy atom. The normalized spacial score (nSPS) is 14.5. The van der Waals surface area contributed by atoms with E-state index >= 15 is 0 Å². The number of aromatic nitrogens is 2. The van der Waals surface area contributed by atoms with Crippen LogP contribution in [0.15, 0.2) is 59.5 Å². The van der Waals surface area contributed by atoms with Gasteiger partial charge in [0.15, 0.2) is 9.84 Å². The van der Waals surface area contributed by atoms with Gasteiger partial charge in [-0.05, 0) is 49.4 Å². The predicted octanol–water partition coefficient (Wildman–Crippen LogP) is 2.56. The van der Waals surface area contributed by atoms with Crippen LogP contribution < -0.4 is 9.64 Å². The quantitative estimate of drug-likeness (QED) is 0.589. The summed E-state index contributed by atoms with van der Waals surface area (Å²) >= 11 is 0. The largest absolute Gasteiger partial charge is 0.495 e. The molecule has 0 radical (unpaired) electrons. The summed E-state index contributed by atoms with van der Waals surface area (Å²) in [4.78, 5) is 17.6. The van der Waals surface area contributed by atoms with Gasteiger partial charge < -0.3 is 14.5 Å². The molecule has 0 bridgehead atoms. The summed E-state index contributed by atoms with van der Waals surface area (Å²) in [5, 5.41) is 4.47. The third-order valence-corrected chi connectivity index (χ3v) is 6.68. The topological polar surface area (TPSA) is 84.7 Å². The second kappa shape index (κ2) is 8.66. The van der Waals surface area contributed by atoms with Crippen molar-refractivity contribution in [3.63, 3.8) is 0 Å². The highest BCUT2D eigenvalue weighted by Crippen LogP contribution is 2.28. The van der Waals surface area contributed by atoms with E-state index in [0.29, 0.717) is 43.3 Å². The van der Waals surface area contributed by atoms with Crippen molar-refractivity contribution >= 4 is 21.4 Å². The summed E-state index contributed by atoms with van der Waals surface area (Å²) in [6.45, 7) is 4.38. The maximum absolute atomic E-state index is 13.3. The number of rotatable bonds is 5. The highest BCUT2D eigenvalue weighted by atomic mass is 32.2. The molecule has 2 heterocycles. The highest BCUT2D eigenvalue weighted by Gasteiger charge is 2.26. The fourth-order valence-corrected chi connectivity index (χ4v) is 4.52. The molecule has 0 aliphatic carbocycles. The van der Waals surface area contributed by atoms with E-state index in [-0.39, 0.29) is 10.8 Å². The average Bonchev–Trinajstić information content (AvgIpc) is 3.20. The third kappa shape index (κ3) is 4.34. The van der Waals surface area contributed by atoms with Crippen LogP contribution in [0.5, 0.6) is 5.75 Å². The van der Waals surface area contributed by atoms with E-state index in [0.717, 1.165) is 11.4 Å². The molecule has 2 aromatic carbocycles.